The number of rotatable bonds is 4. The second-order valence-corrected chi connectivity index (χ2v) is 7.44. The maximum absolute atomic E-state index is 11.4. The summed E-state index contributed by atoms with van der Waals surface area (Å²) in [6.07, 6.45) is 0.663. The normalized spacial score (nSPS) is 24.0. The fourth-order valence-electron chi connectivity index (χ4n) is 2.29. The molecule has 100 valence electrons. The molecule has 3 nitrogen and oxygen atoms in total. The van der Waals surface area contributed by atoms with Crippen LogP contribution in [-0.4, -0.2) is 27.0 Å². The molecule has 1 aliphatic heterocycles. The first-order valence-electron chi connectivity index (χ1n) is 5.94. The van der Waals surface area contributed by atoms with Gasteiger partial charge in [0.15, 0.2) is 9.84 Å². The molecule has 1 fully saturated rings. The van der Waals surface area contributed by atoms with Crippen LogP contribution in [0.2, 0.25) is 0 Å². The molecule has 1 saturated heterocycles. The van der Waals surface area contributed by atoms with Crippen molar-refractivity contribution in [2.45, 2.75) is 18.4 Å². The van der Waals surface area contributed by atoms with Crippen molar-refractivity contribution < 1.29 is 13.2 Å². The van der Waals surface area contributed by atoms with Crippen molar-refractivity contribution in [3.8, 4) is 0 Å². The minimum absolute atomic E-state index is 0.0324. The number of ether oxygens (including phenoxy) is 1. The van der Waals surface area contributed by atoms with Crippen LogP contribution in [0.25, 0.3) is 0 Å². The van der Waals surface area contributed by atoms with Gasteiger partial charge in [-0.25, -0.2) is 8.42 Å². The van der Waals surface area contributed by atoms with Gasteiger partial charge >= 0.3 is 0 Å². The van der Waals surface area contributed by atoms with Crippen LogP contribution in [0.1, 0.15) is 22.9 Å². The Kier molecular flexibility index (Phi) is 4.30. The lowest BCUT2D eigenvalue weighted by Gasteiger charge is -2.16. The van der Waals surface area contributed by atoms with Gasteiger partial charge in [-0.15, -0.1) is 11.6 Å². The smallest absolute Gasteiger partial charge is 0.150 e. The molecule has 1 aromatic rings. The maximum atomic E-state index is 11.4. The van der Waals surface area contributed by atoms with Crippen LogP contribution in [-0.2, 0) is 21.2 Å². The average Bonchev–Trinajstić information content (AvgIpc) is 2.70. The van der Waals surface area contributed by atoms with Gasteiger partial charge < -0.3 is 4.74 Å². The molecule has 2 unspecified atom stereocenters. The molecule has 0 N–H and O–H groups in total. The third kappa shape index (κ3) is 3.25. The van der Waals surface area contributed by atoms with E-state index < -0.39 is 9.84 Å². The van der Waals surface area contributed by atoms with E-state index in [1.54, 1.807) is 7.11 Å². The molecule has 0 aliphatic carbocycles. The highest BCUT2D eigenvalue weighted by atomic mass is 35.5. The number of sulfone groups is 1. The Labute approximate surface area is 113 Å². The first kappa shape index (κ1) is 13.8. The van der Waals surface area contributed by atoms with Crippen LogP contribution in [0.4, 0.5) is 0 Å². The van der Waals surface area contributed by atoms with E-state index in [0.29, 0.717) is 13.0 Å². The minimum Gasteiger partial charge on any atom is -0.380 e. The highest BCUT2D eigenvalue weighted by molar-refractivity contribution is 7.91. The fourth-order valence-corrected chi connectivity index (χ4v) is 4.60. The maximum Gasteiger partial charge on any atom is 0.150 e. The molecule has 18 heavy (non-hydrogen) atoms. The highest BCUT2D eigenvalue weighted by Crippen LogP contribution is 2.36. The minimum atomic E-state index is -2.87. The zero-order valence-electron chi connectivity index (χ0n) is 10.3. The molecule has 0 radical (unpaired) electrons. The van der Waals surface area contributed by atoms with E-state index in [0.717, 1.165) is 11.1 Å². The quantitative estimate of drug-likeness (QED) is 0.800. The van der Waals surface area contributed by atoms with Gasteiger partial charge in [0.2, 0.25) is 0 Å². The van der Waals surface area contributed by atoms with E-state index in [9.17, 15) is 8.42 Å². The second kappa shape index (κ2) is 5.59. The van der Waals surface area contributed by atoms with E-state index in [1.807, 2.05) is 24.3 Å². The molecule has 1 aliphatic rings. The summed E-state index contributed by atoms with van der Waals surface area (Å²) >= 11 is 6.37. The lowest BCUT2D eigenvalue weighted by atomic mass is 9.97. The zero-order valence-corrected chi connectivity index (χ0v) is 11.9. The highest BCUT2D eigenvalue weighted by Gasteiger charge is 2.33. The zero-order chi connectivity index (χ0) is 13.2. The molecular weight excluding hydrogens is 272 g/mol. The first-order valence-corrected chi connectivity index (χ1v) is 8.20. The first-order chi connectivity index (χ1) is 8.52. The Morgan fingerprint density at radius 3 is 2.56 bits per heavy atom. The molecule has 0 spiro atoms. The monoisotopic (exact) mass is 288 g/mol. The van der Waals surface area contributed by atoms with Crippen molar-refractivity contribution in [3.63, 3.8) is 0 Å². The molecule has 2 atom stereocenters. The van der Waals surface area contributed by atoms with Crippen molar-refractivity contribution in [3.05, 3.63) is 35.4 Å². The summed E-state index contributed by atoms with van der Waals surface area (Å²) in [7, 11) is -1.22. The van der Waals surface area contributed by atoms with Gasteiger partial charge in [-0.3, -0.25) is 0 Å². The summed E-state index contributed by atoms with van der Waals surface area (Å²) in [6, 6.07) is 7.85. The van der Waals surface area contributed by atoms with Gasteiger partial charge in [-0.1, -0.05) is 24.3 Å². The summed E-state index contributed by atoms with van der Waals surface area (Å²) < 4.78 is 27.9. The van der Waals surface area contributed by atoms with Crippen LogP contribution in [0.5, 0.6) is 0 Å². The van der Waals surface area contributed by atoms with E-state index in [4.69, 9.17) is 16.3 Å². The average molecular weight is 289 g/mol. The van der Waals surface area contributed by atoms with Gasteiger partial charge in [0.05, 0.1) is 23.5 Å². The molecule has 1 aromatic carbocycles. The molecule has 0 saturated carbocycles. The van der Waals surface area contributed by atoms with Crippen LogP contribution in [0.15, 0.2) is 24.3 Å². The molecule has 2 rings (SSSR count). The second-order valence-electron chi connectivity index (χ2n) is 4.74. The van der Waals surface area contributed by atoms with Gasteiger partial charge in [0.1, 0.15) is 0 Å². The van der Waals surface area contributed by atoms with Crippen molar-refractivity contribution in [1.29, 1.82) is 0 Å². The molecule has 1 heterocycles. The Hall–Kier alpha value is -0.580. The van der Waals surface area contributed by atoms with E-state index >= 15 is 0 Å². The van der Waals surface area contributed by atoms with Gasteiger partial charge in [-0.2, -0.15) is 0 Å². The van der Waals surface area contributed by atoms with Crippen molar-refractivity contribution in [2.24, 2.45) is 5.92 Å². The van der Waals surface area contributed by atoms with Crippen molar-refractivity contribution in [2.75, 3.05) is 18.6 Å². The van der Waals surface area contributed by atoms with Gasteiger partial charge in [-0.05, 0) is 23.5 Å². The summed E-state index contributed by atoms with van der Waals surface area (Å²) in [6.45, 7) is 0.574. The predicted molar refractivity (Wildman–Crippen MR) is 72.5 cm³/mol. The number of methoxy groups -OCH3 is 1. The van der Waals surface area contributed by atoms with E-state index in [1.165, 1.54) is 0 Å². The Balaban J connectivity index is 2.07. The third-order valence-corrected chi connectivity index (χ3v) is 5.69. The SMILES string of the molecule is COCc1ccc(C(Cl)C2CCS(=O)(=O)C2)cc1. The summed E-state index contributed by atoms with van der Waals surface area (Å²) in [5.74, 6) is 0.508. The van der Waals surface area contributed by atoms with Gasteiger partial charge in [0.25, 0.3) is 0 Å². The summed E-state index contributed by atoms with van der Waals surface area (Å²) in [5.41, 5.74) is 2.07. The topological polar surface area (TPSA) is 43.4 Å². The number of hydrogen-bond acceptors (Lipinski definition) is 3. The molecule has 5 heteroatoms. The number of hydrogen-bond donors (Lipinski definition) is 0. The molecule has 0 bridgehead atoms. The predicted octanol–water partition coefficient (Wildman–Crippen LogP) is 2.55. The number of alkyl halides is 1. The van der Waals surface area contributed by atoms with Crippen LogP contribution >= 0.6 is 11.6 Å². The Morgan fingerprint density at radius 1 is 1.39 bits per heavy atom. The van der Waals surface area contributed by atoms with Gasteiger partial charge in [0, 0.05) is 7.11 Å². The lowest BCUT2D eigenvalue weighted by molar-refractivity contribution is 0.185. The van der Waals surface area contributed by atoms with E-state index in [2.05, 4.69) is 0 Å². The largest absolute Gasteiger partial charge is 0.380 e. The molecular formula is C13H17ClO3S. The fraction of sp³-hybridized carbons (Fsp3) is 0.538. The summed E-state index contributed by atoms with van der Waals surface area (Å²) in [4.78, 5) is 0. The standard InChI is InChI=1S/C13H17ClO3S/c1-17-8-10-2-4-11(5-3-10)13(14)12-6-7-18(15,16)9-12/h2-5,12-13H,6-9H2,1H3. The number of benzene rings is 1. The third-order valence-electron chi connectivity index (χ3n) is 3.29. The van der Waals surface area contributed by atoms with E-state index in [-0.39, 0.29) is 22.8 Å². The number of halogens is 1. The van der Waals surface area contributed by atoms with Crippen molar-refractivity contribution in [1.82, 2.24) is 0 Å². The Morgan fingerprint density at radius 2 is 2.06 bits per heavy atom. The van der Waals surface area contributed by atoms with Crippen LogP contribution in [0, 0.1) is 5.92 Å². The molecule has 0 amide bonds. The molecule has 0 aromatic heterocycles. The van der Waals surface area contributed by atoms with Crippen LogP contribution < -0.4 is 0 Å². The van der Waals surface area contributed by atoms with Crippen molar-refractivity contribution >= 4 is 21.4 Å². The lowest BCUT2D eigenvalue weighted by Crippen LogP contribution is -2.10. The van der Waals surface area contributed by atoms with Crippen LogP contribution in [0.3, 0.4) is 0 Å². The summed E-state index contributed by atoms with van der Waals surface area (Å²) in [5, 5.41) is -0.223. The Bertz CT molecular complexity index is 495.